The number of fused-ring (bicyclic) bond motifs is 2. The zero-order valence-electron chi connectivity index (χ0n) is 27.8. The maximum absolute atomic E-state index is 15.0. The van der Waals surface area contributed by atoms with Crippen LogP contribution in [0.15, 0.2) is 42.6 Å². The van der Waals surface area contributed by atoms with E-state index in [1.54, 1.807) is 11.8 Å². The van der Waals surface area contributed by atoms with Crippen molar-refractivity contribution >= 4 is 18.0 Å². The van der Waals surface area contributed by atoms with E-state index in [0.717, 1.165) is 42.7 Å². The van der Waals surface area contributed by atoms with Gasteiger partial charge in [0.25, 0.3) is 5.91 Å². The summed E-state index contributed by atoms with van der Waals surface area (Å²) in [4.78, 5) is 46.8. The summed E-state index contributed by atoms with van der Waals surface area (Å²) in [7, 11) is 1.83. The number of hydrogen-bond donors (Lipinski definition) is 1. The Balaban J connectivity index is 1.44. The Morgan fingerprint density at radius 3 is 2.33 bits per heavy atom. The van der Waals surface area contributed by atoms with E-state index in [2.05, 4.69) is 23.1 Å². The molecule has 6 rings (SSSR count). The highest BCUT2D eigenvalue weighted by atomic mass is 16.6. The van der Waals surface area contributed by atoms with Crippen molar-refractivity contribution in [2.24, 2.45) is 7.05 Å². The van der Waals surface area contributed by atoms with E-state index in [9.17, 15) is 19.5 Å². The number of benzene rings is 2. The number of carboxylic acid groups (broad SMARTS) is 1. The summed E-state index contributed by atoms with van der Waals surface area (Å²) < 4.78 is 7.49. The van der Waals surface area contributed by atoms with E-state index in [1.807, 2.05) is 61.7 Å². The molecule has 2 amide bonds. The molecule has 9 heteroatoms. The molecule has 0 spiro atoms. The summed E-state index contributed by atoms with van der Waals surface area (Å²) in [5.74, 6) is -1.13. The molecule has 3 aliphatic rings. The number of nitrogens with zero attached hydrogens (tertiary/aromatic N) is 4. The predicted molar refractivity (Wildman–Crippen MR) is 177 cm³/mol. The van der Waals surface area contributed by atoms with Gasteiger partial charge in [0.1, 0.15) is 5.60 Å². The first-order valence-corrected chi connectivity index (χ1v) is 16.5. The number of amides is 2. The van der Waals surface area contributed by atoms with Crippen molar-refractivity contribution in [3.05, 3.63) is 81.7 Å². The van der Waals surface area contributed by atoms with Gasteiger partial charge < -0.3 is 29.1 Å². The first-order valence-electron chi connectivity index (χ1n) is 16.5. The van der Waals surface area contributed by atoms with Crippen molar-refractivity contribution in [3.8, 4) is 11.1 Å². The summed E-state index contributed by atoms with van der Waals surface area (Å²) in [6.45, 7) is 11.5. The lowest BCUT2D eigenvalue weighted by Gasteiger charge is -2.41. The van der Waals surface area contributed by atoms with Crippen LogP contribution < -0.4 is 0 Å². The fourth-order valence-electron chi connectivity index (χ4n) is 7.27. The Bertz CT molecular complexity index is 1660. The van der Waals surface area contributed by atoms with E-state index < -0.39 is 11.6 Å². The summed E-state index contributed by atoms with van der Waals surface area (Å²) in [6.07, 6.45) is 6.39. The normalized spacial score (nSPS) is 18.6. The van der Waals surface area contributed by atoms with Gasteiger partial charge in [-0.1, -0.05) is 30.7 Å². The quantitative estimate of drug-likeness (QED) is 0.371. The lowest BCUT2D eigenvalue weighted by Crippen LogP contribution is -2.51. The minimum atomic E-state index is -1.02. The van der Waals surface area contributed by atoms with Gasteiger partial charge in [0.15, 0.2) is 0 Å². The van der Waals surface area contributed by atoms with Gasteiger partial charge in [-0.3, -0.25) is 4.79 Å². The summed E-state index contributed by atoms with van der Waals surface area (Å²) in [5, 5.41) is 10.3. The molecule has 9 nitrogen and oxygen atoms in total. The topological polar surface area (TPSA) is 95.3 Å². The number of piperidine rings is 1. The maximum Gasteiger partial charge on any atom is 0.410 e. The highest BCUT2D eigenvalue weighted by Crippen LogP contribution is 2.37. The highest BCUT2D eigenvalue weighted by Gasteiger charge is 2.35. The highest BCUT2D eigenvalue weighted by molar-refractivity contribution is 6.05. The zero-order valence-corrected chi connectivity index (χ0v) is 27.8. The number of aromatic carboxylic acids is 1. The van der Waals surface area contributed by atoms with E-state index in [-0.39, 0.29) is 23.6 Å². The number of carboxylic acids is 1. The summed E-state index contributed by atoms with van der Waals surface area (Å²) in [5.41, 5.74) is 6.18. The Labute approximate surface area is 271 Å². The molecule has 3 aliphatic heterocycles. The third-order valence-electron chi connectivity index (χ3n) is 9.75. The van der Waals surface area contributed by atoms with Crippen LogP contribution in [0.2, 0.25) is 0 Å². The van der Waals surface area contributed by atoms with Gasteiger partial charge in [0, 0.05) is 62.3 Å². The maximum atomic E-state index is 15.0. The molecular weight excluding hydrogens is 580 g/mol. The largest absolute Gasteiger partial charge is 0.478 e. The van der Waals surface area contributed by atoms with Crippen LogP contribution in [0, 0.1) is 6.92 Å². The molecule has 1 aromatic heterocycles. The Morgan fingerprint density at radius 2 is 1.63 bits per heavy atom. The number of carbonyl (C=O) groups excluding carboxylic acids is 2. The van der Waals surface area contributed by atoms with Crippen LogP contribution in [-0.2, 0) is 37.7 Å². The third-order valence-corrected chi connectivity index (χ3v) is 9.75. The van der Waals surface area contributed by atoms with Crippen molar-refractivity contribution in [1.29, 1.82) is 0 Å². The number of hydrogen-bond acceptors (Lipinski definition) is 5. The first kappa shape index (κ1) is 31.9. The van der Waals surface area contributed by atoms with Crippen molar-refractivity contribution in [3.63, 3.8) is 0 Å². The van der Waals surface area contributed by atoms with Gasteiger partial charge in [-0.25, -0.2) is 9.59 Å². The number of aryl methyl sites for hydroxylation is 1. The molecule has 0 bridgehead atoms. The van der Waals surface area contributed by atoms with Crippen LogP contribution in [0.5, 0.6) is 0 Å². The molecule has 0 aliphatic carbocycles. The molecule has 46 heavy (non-hydrogen) atoms. The van der Waals surface area contributed by atoms with Crippen LogP contribution >= 0.6 is 0 Å². The summed E-state index contributed by atoms with van der Waals surface area (Å²) >= 11 is 0. The predicted octanol–water partition coefficient (Wildman–Crippen LogP) is 6.04. The van der Waals surface area contributed by atoms with Crippen molar-refractivity contribution in [2.75, 3.05) is 26.2 Å². The Hall–Kier alpha value is -4.11. The lowest BCUT2D eigenvalue weighted by atomic mass is 9.87. The molecule has 1 N–H and O–H groups in total. The smallest absolute Gasteiger partial charge is 0.410 e. The van der Waals surface area contributed by atoms with Gasteiger partial charge >= 0.3 is 12.1 Å². The minimum Gasteiger partial charge on any atom is -0.478 e. The molecular formula is C37H46N4O5. The standard InChI is InChI=1S/C37H46N4O5/c1-24-33(35(43)44)32(23-38(24)5)30-18-26-13-16-40(36(45)46-37(2,3)4)20-28(26)19-31(30)34(42)41-21-27-12-8-7-11-25(27)17-29(41)22-39-14-9-6-10-15-39/h7-8,11-12,18-19,23,29H,6,9-10,13-17,20-22H2,1-5H3,(H,43,44)/t29-/m0/s1. The Morgan fingerprint density at radius 1 is 0.913 bits per heavy atom. The first-order chi connectivity index (χ1) is 21.9. The Kier molecular flexibility index (Phi) is 8.72. The second kappa shape index (κ2) is 12.6. The second-order valence-electron chi connectivity index (χ2n) is 14.2. The molecule has 2 aromatic carbocycles. The molecule has 3 aromatic rings. The van der Waals surface area contributed by atoms with Gasteiger partial charge in [0.2, 0.25) is 0 Å². The molecule has 4 heterocycles. The second-order valence-corrected chi connectivity index (χ2v) is 14.2. The van der Waals surface area contributed by atoms with E-state index in [1.165, 1.54) is 24.8 Å². The number of aromatic nitrogens is 1. The number of likely N-dealkylation sites (tertiary alicyclic amines) is 1. The zero-order chi connectivity index (χ0) is 32.7. The molecule has 1 atom stereocenters. The SMILES string of the molecule is Cc1c(C(=O)O)c(-c2cc3c(cc2C(=O)N2Cc4ccccc4C[C@H]2CN2CCCCC2)CN(C(=O)OC(C)(C)C)CC3)cn1C. The number of ether oxygens (including phenoxy) is 1. The van der Waals surface area contributed by atoms with Gasteiger partial charge in [0.05, 0.1) is 5.56 Å². The van der Waals surface area contributed by atoms with E-state index in [4.69, 9.17) is 4.74 Å². The van der Waals surface area contributed by atoms with Crippen molar-refractivity contribution < 1.29 is 24.2 Å². The average molecular weight is 627 g/mol. The molecule has 0 saturated carbocycles. The number of rotatable bonds is 5. The molecule has 1 fully saturated rings. The van der Waals surface area contributed by atoms with Crippen LogP contribution in [0.25, 0.3) is 11.1 Å². The molecule has 0 unspecified atom stereocenters. The molecule has 244 valence electrons. The van der Waals surface area contributed by atoms with Gasteiger partial charge in [-0.05, 0) is 106 Å². The molecule has 0 radical (unpaired) electrons. The van der Waals surface area contributed by atoms with Crippen LogP contribution in [0.1, 0.15) is 88.7 Å². The fraction of sp³-hybridized carbons (Fsp3) is 0.486. The van der Waals surface area contributed by atoms with Gasteiger partial charge in [-0.2, -0.15) is 0 Å². The van der Waals surface area contributed by atoms with Crippen molar-refractivity contribution in [1.82, 2.24) is 19.3 Å². The average Bonchev–Trinajstić information content (AvgIpc) is 3.32. The summed E-state index contributed by atoms with van der Waals surface area (Å²) in [6, 6.07) is 12.2. The van der Waals surface area contributed by atoms with Crippen LogP contribution in [0.4, 0.5) is 4.79 Å². The molecule has 1 saturated heterocycles. The lowest BCUT2D eigenvalue weighted by molar-refractivity contribution is 0.0223. The number of carbonyl (C=O) groups is 3. The monoisotopic (exact) mass is 626 g/mol. The fourth-order valence-corrected chi connectivity index (χ4v) is 7.27. The van der Waals surface area contributed by atoms with Gasteiger partial charge in [-0.15, -0.1) is 0 Å². The van der Waals surface area contributed by atoms with E-state index >= 15 is 0 Å². The minimum absolute atomic E-state index is 0.0147. The van der Waals surface area contributed by atoms with E-state index in [0.29, 0.717) is 48.4 Å². The third kappa shape index (κ3) is 6.43. The van der Waals surface area contributed by atoms with Crippen molar-refractivity contribution in [2.45, 2.75) is 84.5 Å². The van der Waals surface area contributed by atoms with Crippen LogP contribution in [0.3, 0.4) is 0 Å². The van der Waals surface area contributed by atoms with Crippen LogP contribution in [-0.4, -0.2) is 80.2 Å².